The van der Waals surface area contributed by atoms with Gasteiger partial charge in [0, 0.05) is 24.5 Å². The van der Waals surface area contributed by atoms with Crippen molar-refractivity contribution in [1.29, 1.82) is 0 Å². The van der Waals surface area contributed by atoms with Crippen LogP contribution in [-0.4, -0.2) is 33.5 Å². The number of urea groups is 1. The number of nitrogens with one attached hydrogen (secondary N) is 2. The van der Waals surface area contributed by atoms with Crippen LogP contribution < -0.4 is 5.32 Å². The van der Waals surface area contributed by atoms with Gasteiger partial charge in [-0.15, -0.1) is 0 Å². The molecule has 0 aliphatic heterocycles. The van der Waals surface area contributed by atoms with Crippen LogP contribution in [0, 0.1) is 12.8 Å². The highest BCUT2D eigenvalue weighted by molar-refractivity contribution is 5.75. The Morgan fingerprint density at radius 3 is 2.72 bits per heavy atom. The van der Waals surface area contributed by atoms with E-state index >= 15 is 0 Å². The van der Waals surface area contributed by atoms with E-state index in [2.05, 4.69) is 29.1 Å². The summed E-state index contributed by atoms with van der Waals surface area (Å²) < 4.78 is 0. The Kier molecular flexibility index (Phi) is 3.32. The second kappa shape index (κ2) is 4.63. The lowest BCUT2D eigenvalue weighted by Crippen LogP contribution is -2.46. The van der Waals surface area contributed by atoms with Crippen molar-refractivity contribution in [3.05, 3.63) is 17.7 Å². The van der Waals surface area contributed by atoms with Crippen molar-refractivity contribution in [2.75, 3.05) is 7.05 Å². The predicted octanol–water partition coefficient (Wildman–Crippen LogP) is 2.05. The normalized spacial score (nSPS) is 16.7. The van der Waals surface area contributed by atoms with E-state index in [-0.39, 0.29) is 11.6 Å². The summed E-state index contributed by atoms with van der Waals surface area (Å²) in [5, 5.41) is 3.14. The number of hydrogen-bond donors (Lipinski definition) is 2. The predicted molar refractivity (Wildman–Crippen MR) is 70.1 cm³/mol. The second-order valence-corrected chi connectivity index (χ2v) is 5.61. The molecule has 2 N–H and O–H groups in total. The van der Waals surface area contributed by atoms with Gasteiger partial charge in [-0.25, -0.2) is 9.78 Å². The molecule has 0 radical (unpaired) electrons. The maximum Gasteiger partial charge on any atom is 0.317 e. The molecule has 0 unspecified atom stereocenters. The Morgan fingerprint density at radius 2 is 2.28 bits per heavy atom. The largest absolute Gasteiger partial charge is 0.345 e. The molecule has 2 rings (SSSR count). The quantitative estimate of drug-likeness (QED) is 0.859. The monoisotopic (exact) mass is 250 g/mol. The third-order valence-corrected chi connectivity index (χ3v) is 3.74. The molecule has 1 fully saturated rings. The lowest BCUT2D eigenvalue weighted by atomic mass is 10.0. The summed E-state index contributed by atoms with van der Waals surface area (Å²) in [5.41, 5.74) is 1.05. The minimum absolute atomic E-state index is 0.0183. The van der Waals surface area contributed by atoms with E-state index in [1.54, 1.807) is 18.1 Å². The second-order valence-electron chi connectivity index (χ2n) is 5.61. The van der Waals surface area contributed by atoms with Crippen LogP contribution in [0.5, 0.6) is 0 Å². The van der Waals surface area contributed by atoms with Crippen LogP contribution in [0.1, 0.15) is 38.2 Å². The maximum atomic E-state index is 12.1. The molecule has 100 valence electrons. The fourth-order valence-electron chi connectivity index (χ4n) is 2.13. The topological polar surface area (TPSA) is 61.0 Å². The zero-order chi connectivity index (χ0) is 13.3. The molecule has 1 aromatic rings. The fraction of sp³-hybridized carbons (Fsp3) is 0.692. The molecular weight excluding hydrogens is 228 g/mol. The smallest absolute Gasteiger partial charge is 0.317 e. The van der Waals surface area contributed by atoms with Crippen LogP contribution in [0.2, 0.25) is 0 Å². The third kappa shape index (κ3) is 2.66. The zero-order valence-corrected chi connectivity index (χ0v) is 11.6. The summed E-state index contributed by atoms with van der Waals surface area (Å²) in [5.74, 6) is 1.31. The number of carbonyl (C=O) groups excluding carboxylic acids is 1. The van der Waals surface area contributed by atoms with E-state index in [1.165, 1.54) is 0 Å². The molecule has 1 aromatic heterocycles. The van der Waals surface area contributed by atoms with Gasteiger partial charge in [0.15, 0.2) is 0 Å². The van der Waals surface area contributed by atoms with E-state index in [4.69, 9.17) is 0 Å². The minimum Gasteiger partial charge on any atom is -0.345 e. The Balaban J connectivity index is 1.89. The van der Waals surface area contributed by atoms with E-state index in [1.807, 2.05) is 6.92 Å². The standard InChI is InChI=1S/C13H22N4O/c1-9(2)13(5-6-13)16-12(18)17(4)8-11-14-7-10(3)15-11/h7,9H,5-6,8H2,1-4H3,(H,14,15)(H,16,18). The Bertz CT molecular complexity index is 434. The van der Waals surface area contributed by atoms with Crippen molar-refractivity contribution in [3.63, 3.8) is 0 Å². The molecule has 0 saturated heterocycles. The van der Waals surface area contributed by atoms with Crippen molar-refractivity contribution in [1.82, 2.24) is 20.2 Å². The van der Waals surface area contributed by atoms with Crippen molar-refractivity contribution >= 4 is 6.03 Å². The van der Waals surface area contributed by atoms with Gasteiger partial charge in [0.25, 0.3) is 0 Å². The molecule has 1 heterocycles. The lowest BCUT2D eigenvalue weighted by molar-refractivity contribution is 0.195. The number of amides is 2. The fourth-order valence-corrected chi connectivity index (χ4v) is 2.13. The Hall–Kier alpha value is -1.52. The van der Waals surface area contributed by atoms with Crippen LogP contribution in [-0.2, 0) is 6.54 Å². The van der Waals surface area contributed by atoms with Gasteiger partial charge in [0.05, 0.1) is 6.54 Å². The Morgan fingerprint density at radius 1 is 1.61 bits per heavy atom. The van der Waals surface area contributed by atoms with Crippen molar-refractivity contribution in [2.24, 2.45) is 5.92 Å². The van der Waals surface area contributed by atoms with Crippen LogP contribution in [0.3, 0.4) is 0 Å². The third-order valence-electron chi connectivity index (χ3n) is 3.74. The highest BCUT2D eigenvalue weighted by Gasteiger charge is 2.47. The van der Waals surface area contributed by atoms with Gasteiger partial charge in [-0.3, -0.25) is 0 Å². The van der Waals surface area contributed by atoms with Gasteiger partial charge in [-0.2, -0.15) is 0 Å². The minimum atomic E-state index is -0.0183. The summed E-state index contributed by atoms with van der Waals surface area (Å²) in [6.07, 6.45) is 3.95. The SMILES string of the molecule is Cc1cnc(CN(C)C(=O)NC2(C(C)C)CC2)[nH]1. The average Bonchev–Trinajstić information content (AvgIpc) is 2.97. The average molecular weight is 250 g/mol. The van der Waals surface area contributed by atoms with Gasteiger partial charge in [0.1, 0.15) is 5.82 Å². The summed E-state index contributed by atoms with van der Waals surface area (Å²) in [6, 6.07) is -0.0183. The van der Waals surface area contributed by atoms with Crippen LogP contribution in [0.15, 0.2) is 6.20 Å². The number of H-pyrrole nitrogens is 1. The van der Waals surface area contributed by atoms with Gasteiger partial charge in [-0.05, 0) is 25.7 Å². The number of aromatic amines is 1. The molecule has 1 aliphatic rings. The summed E-state index contributed by atoms with van der Waals surface area (Å²) in [6.45, 7) is 6.77. The van der Waals surface area contributed by atoms with Crippen LogP contribution in [0.4, 0.5) is 4.79 Å². The first-order chi connectivity index (χ1) is 8.43. The zero-order valence-electron chi connectivity index (χ0n) is 11.6. The number of aromatic nitrogens is 2. The maximum absolute atomic E-state index is 12.1. The first kappa shape index (κ1) is 12.9. The molecule has 0 atom stereocenters. The molecule has 2 amide bonds. The molecule has 5 nitrogen and oxygen atoms in total. The first-order valence-electron chi connectivity index (χ1n) is 6.47. The number of nitrogens with zero attached hydrogens (tertiary/aromatic N) is 2. The molecular formula is C13H22N4O. The van der Waals surface area contributed by atoms with Crippen LogP contribution in [0.25, 0.3) is 0 Å². The molecule has 1 aliphatic carbocycles. The number of imidazole rings is 1. The van der Waals surface area contributed by atoms with Crippen molar-refractivity contribution < 1.29 is 4.79 Å². The first-order valence-corrected chi connectivity index (χ1v) is 6.47. The van der Waals surface area contributed by atoms with E-state index < -0.39 is 0 Å². The van der Waals surface area contributed by atoms with Gasteiger partial charge >= 0.3 is 6.03 Å². The van der Waals surface area contributed by atoms with Crippen molar-refractivity contribution in [2.45, 2.75) is 45.7 Å². The molecule has 1 saturated carbocycles. The Labute approximate surface area is 108 Å². The molecule has 5 heteroatoms. The van der Waals surface area contributed by atoms with Crippen molar-refractivity contribution in [3.8, 4) is 0 Å². The number of aryl methyl sites for hydroxylation is 1. The number of rotatable bonds is 4. The van der Waals surface area contributed by atoms with E-state index in [0.717, 1.165) is 24.4 Å². The highest BCUT2D eigenvalue weighted by atomic mass is 16.2. The summed E-state index contributed by atoms with van der Waals surface area (Å²) in [4.78, 5) is 21.1. The highest BCUT2D eigenvalue weighted by Crippen LogP contribution is 2.42. The van der Waals surface area contributed by atoms with E-state index in [9.17, 15) is 4.79 Å². The van der Waals surface area contributed by atoms with Gasteiger partial charge in [0.2, 0.25) is 0 Å². The molecule has 0 aromatic carbocycles. The molecule has 0 spiro atoms. The number of carbonyl (C=O) groups is 1. The lowest BCUT2D eigenvalue weighted by Gasteiger charge is -2.25. The summed E-state index contributed by atoms with van der Waals surface area (Å²) >= 11 is 0. The summed E-state index contributed by atoms with van der Waals surface area (Å²) in [7, 11) is 1.80. The molecule has 0 bridgehead atoms. The molecule has 18 heavy (non-hydrogen) atoms. The van der Waals surface area contributed by atoms with Crippen LogP contribution >= 0.6 is 0 Å². The van der Waals surface area contributed by atoms with Gasteiger partial charge < -0.3 is 15.2 Å². The van der Waals surface area contributed by atoms with E-state index in [0.29, 0.717) is 12.5 Å². The van der Waals surface area contributed by atoms with Gasteiger partial charge in [-0.1, -0.05) is 13.8 Å². The number of hydrogen-bond acceptors (Lipinski definition) is 2.